The van der Waals surface area contributed by atoms with E-state index in [0.717, 1.165) is 38.5 Å². The maximum absolute atomic E-state index is 12.0. The molecular weight excluding hydrogens is 444 g/mol. The number of hydrogen-bond acceptors (Lipinski definition) is 3. The average molecular weight is 507 g/mol. The molecule has 0 saturated carbocycles. The van der Waals surface area contributed by atoms with E-state index in [4.69, 9.17) is 0 Å². The van der Waals surface area contributed by atoms with Crippen LogP contribution in [-0.4, -0.2) is 17.3 Å². The second kappa shape index (κ2) is 28.6. The smallest absolute Gasteiger partial charge is 0.264 e. The molecule has 212 valence electrons. The Hall–Kier alpha value is -0.990. The van der Waals surface area contributed by atoms with Gasteiger partial charge in [-0.25, -0.2) is 0 Å². The minimum absolute atomic E-state index is 0.251. The van der Waals surface area contributed by atoms with Crippen molar-refractivity contribution in [1.82, 2.24) is 0 Å². The number of carbonyl (C=O) groups is 3. The number of unbranched alkanes of at least 4 members (excludes halogenated alkanes) is 24. The SMILES string of the molecule is CCCCCCCCCCCCCCCC(=O)C(=O)C(=O)CCCCCCCCCCCCCCC. The van der Waals surface area contributed by atoms with Gasteiger partial charge in [0.2, 0.25) is 11.6 Å². The normalized spacial score (nSPS) is 11.2. The Kier molecular flexibility index (Phi) is 27.8. The van der Waals surface area contributed by atoms with Gasteiger partial charge in [-0.1, -0.05) is 168 Å². The van der Waals surface area contributed by atoms with Crippen LogP contribution in [0, 0.1) is 0 Å². The largest absolute Gasteiger partial charge is 0.290 e. The summed E-state index contributed by atoms with van der Waals surface area (Å²) < 4.78 is 0. The molecule has 3 heteroatoms. The van der Waals surface area contributed by atoms with Crippen molar-refractivity contribution in [1.29, 1.82) is 0 Å². The molecule has 0 amide bonds. The minimum atomic E-state index is -0.743. The molecule has 0 spiro atoms. The van der Waals surface area contributed by atoms with Gasteiger partial charge in [0.05, 0.1) is 0 Å². The van der Waals surface area contributed by atoms with Gasteiger partial charge in [-0.15, -0.1) is 0 Å². The van der Waals surface area contributed by atoms with E-state index in [0.29, 0.717) is 0 Å². The van der Waals surface area contributed by atoms with E-state index in [2.05, 4.69) is 13.8 Å². The lowest BCUT2D eigenvalue weighted by molar-refractivity contribution is -0.144. The molecule has 0 aromatic rings. The molecule has 36 heavy (non-hydrogen) atoms. The molecule has 0 rings (SSSR count). The van der Waals surface area contributed by atoms with Crippen LogP contribution in [0.3, 0.4) is 0 Å². The standard InChI is InChI=1S/C33H62O3/c1-3-5-7-9-11-13-15-17-19-21-23-25-27-29-31(34)33(36)32(35)30-28-26-24-22-20-18-16-14-12-10-8-6-4-2/h3-30H2,1-2H3. The Morgan fingerprint density at radius 1 is 0.306 bits per heavy atom. The molecule has 0 bridgehead atoms. The van der Waals surface area contributed by atoms with Crippen molar-refractivity contribution >= 4 is 17.3 Å². The van der Waals surface area contributed by atoms with Crippen LogP contribution in [0.1, 0.15) is 194 Å². The Balaban J connectivity index is 3.45. The van der Waals surface area contributed by atoms with Crippen molar-refractivity contribution in [3.8, 4) is 0 Å². The molecule has 0 atom stereocenters. The number of ketones is 3. The van der Waals surface area contributed by atoms with Crippen LogP contribution in [0.15, 0.2) is 0 Å². The maximum atomic E-state index is 12.0. The number of Topliss-reactive ketones (excluding diaryl/α,β-unsaturated/α-hetero) is 3. The lowest BCUT2D eigenvalue weighted by Crippen LogP contribution is -2.23. The van der Waals surface area contributed by atoms with Crippen LogP contribution in [0.25, 0.3) is 0 Å². The molecule has 3 nitrogen and oxygen atoms in total. The monoisotopic (exact) mass is 506 g/mol. The summed E-state index contributed by atoms with van der Waals surface area (Å²) in [6.45, 7) is 4.52. The van der Waals surface area contributed by atoms with Gasteiger partial charge in [-0.2, -0.15) is 0 Å². The van der Waals surface area contributed by atoms with Gasteiger partial charge < -0.3 is 0 Å². The molecule has 0 saturated heterocycles. The summed E-state index contributed by atoms with van der Waals surface area (Å²) in [7, 11) is 0. The van der Waals surface area contributed by atoms with Gasteiger partial charge >= 0.3 is 0 Å². The van der Waals surface area contributed by atoms with E-state index in [9.17, 15) is 14.4 Å². The van der Waals surface area contributed by atoms with E-state index in [1.165, 1.54) is 128 Å². The van der Waals surface area contributed by atoms with E-state index >= 15 is 0 Å². The quantitative estimate of drug-likeness (QED) is 0.0553. The molecule has 0 unspecified atom stereocenters. The van der Waals surface area contributed by atoms with E-state index in [1.54, 1.807) is 0 Å². The Bertz CT molecular complexity index is 467. The lowest BCUT2D eigenvalue weighted by atomic mass is 10.0. The van der Waals surface area contributed by atoms with E-state index < -0.39 is 17.3 Å². The molecular formula is C33H62O3. The van der Waals surface area contributed by atoms with Gasteiger partial charge in [0, 0.05) is 12.8 Å². The first-order valence-electron chi connectivity index (χ1n) is 16.2. The van der Waals surface area contributed by atoms with Crippen LogP contribution >= 0.6 is 0 Å². The first-order chi connectivity index (χ1) is 17.6. The van der Waals surface area contributed by atoms with Crippen molar-refractivity contribution < 1.29 is 14.4 Å². The molecule has 0 aliphatic rings. The predicted octanol–water partition coefficient (Wildman–Crippen LogP) is 10.7. The summed E-state index contributed by atoms with van der Waals surface area (Å²) in [5, 5.41) is 0. The highest BCUT2D eigenvalue weighted by Gasteiger charge is 2.21. The van der Waals surface area contributed by atoms with Gasteiger partial charge in [0.25, 0.3) is 5.78 Å². The van der Waals surface area contributed by atoms with Crippen LogP contribution in [0.5, 0.6) is 0 Å². The van der Waals surface area contributed by atoms with Crippen molar-refractivity contribution in [3.05, 3.63) is 0 Å². The van der Waals surface area contributed by atoms with E-state index in [-0.39, 0.29) is 12.8 Å². The Morgan fingerprint density at radius 3 is 0.722 bits per heavy atom. The molecule has 0 aromatic carbocycles. The topological polar surface area (TPSA) is 51.2 Å². The van der Waals surface area contributed by atoms with Crippen LogP contribution in [0.2, 0.25) is 0 Å². The summed E-state index contributed by atoms with van der Waals surface area (Å²) in [5.74, 6) is -1.66. The highest BCUT2D eigenvalue weighted by Crippen LogP contribution is 2.15. The number of hydrogen-bond donors (Lipinski definition) is 0. The van der Waals surface area contributed by atoms with Crippen molar-refractivity contribution in [2.75, 3.05) is 0 Å². The van der Waals surface area contributed by atoms with Crippen LogP contribution < -0.4 is 0 Å². The van der Waals surface area contributed by atoms with E-state index in [1.807, 2.05) is 0 Å². The second-order valence-corrected chi connectivity index (χ2v) is 11.2. The van der Waals surface area contributed by atoms with Gasteiger partial charge in [0.15, 0.2) is 0 Å². The molecule has 0 heterocycles. The molecule has 0 aliphatic carbocycles. The third-order valence-electron chi connectivity index (χ3n) is 7.52. The first-order valence-corrected chi connectivity index (χ1v) is 16.2. The zero-order chi connectivity index (χ0) is 26.5. The molecule has 0 aromatic heterocycles. The fourth-order valence-electron chi connectivity index (χ4n) is 4.99. The third-order valence-corrected chi connectivity index (χ3v) is 7.52. The molecule has 0 aliphatic heterocycles. The van der Waals surface area contributed by atoms with Gasteiger partial charge in [-0.3, -0.25) is 14.4 Å². The number of carbonyl (C=O) groups excluding carboxylic acids is 3. The summed E-state index contributed by atoms with van der Waals surface area (Å²) >= 11 is 0. The number of rotatable bonds is 30. The fraction of sp³-hybridized carbons (Fsp3) is 0.909. The summed E-state index contributed by atoms with van der Waals surface area (Å²) in [6.07, 6.45) is 33.0. The summed E-state index contributed by atoms with van der Waals surface area (Å²) in [6, 6.07) is 0. The fourth-order valence-corrected chi connectivity index (χ4v) is 4.99. The lowest BCUT2D eigenvalue weighted by Gasteiger charge is -2.04. The first kappa shape index (κ1) is 35.0. The van der Waals surface area contributed by atoms with Gasteiger partial charge in [0.1, 0.15) is 0 Å². The van der Waals surface area contributed by atoms with Crippen LogP contribution in [-0.2, 0) is 14.4 Å². The van der Waals surface area contributed by atoms with Crippen molar-refractivity contribution in [2.45, 2.75) is 194 Å². The predicted molar refractivity (Wildman–Crippen MR) is 156 cm³/mol. The van der Waals surface area contributed by atoms with Gasteiger partial charge in [-0.05, 0) is 12.8 Å². The molecule has 0 fully saturated rings. The summed E-state index contributed by atoms with van der Waals surface area (Å²) in [4.78, 5) is 36.1. The Labute approximate surface area is 225 Å². The van der Waals surface area contributed by atoms with Crippen LogP contribution in [0.4, 0.5) is 0 Å². The zero-order valence-electron chi connectivity index (χ0n) is 24.5. The summed E-state index contributed by atoms with van der Waals surface area (Å²) in [5.41, 5.74) is 0. The third kappa shape index (κ3) is 24.7. The van der Waals surface area contributed by atoms with Crippen molar-refractivity contribution in [2.24, 2.45) is 0 Å². The molecule has 0 radical (unpaired) electrons. The second-order valence-electron chi connectivity index (χ2n) is 11.2. The van der Waals surface area contributed by atoms with Crippen molar-refractivity contribution in [3.63, 3.8) is 0 Å². The average Bonchev–Trinajstić information content (AvgIpc) is 2.88. The molecule has 0 N–H and O–H groups in total. The zero-order valence-corrected chi connectivity index (χ0v) is 24.5. The maximum Gasteiger partial charge on any atom is 0.264 e. The Morgan fingerprint density at radius 2 is 0.500 bits per heavy atom. The minimum Gasteiger partial charge on any atom is -0.290 e. The highest BCUT2D eigenvalue weighted by atomic mass is 16.2. The highest BCUT2D eigenvalue weighted by molar-refractivity contribution is 6.63.